The molecule has 1 unspecified atom stereocenters. The first-order chi connectivity index (χ1) is 5.18. The summed E-state index contributed by atoms with van der Waals surface area (Å²) in [5.41, 5.74) is 5.54. The van der Waals surface area contributed by atoms with Crippen LogP contribution in [0.5, 0.6) is 0 Å². The molecular weight excluding hydrogens is 140 g/mol. The highest BCUT2D eigenvalue weighted by Crippen LogP contribution is 2.11. The van der Waals surface area contributed by atoms with Crippen molar-refractivity contribution in [3.8, 4) is 0 Å². The molecule has 0 saturated heterocycles. The summed E-state index contributed by atoms with van der Waals surface area (Å²) in [6.45, 7) is 4.60. The molecule has 62 valence electrons. The molecular formula is C8H14N2O. The molecule has 0 bridgehead atoms. The Labute approximate surface area is 66.6 Å². The van der Waals surface area contributed by atoms with E-state index in [1.165, 1.54) is 0 Å². The molecule has 0 aromatic carbocycles. The Kier molecular flexibility index (Phi) is 2.54. The second kappa shape index (κ2) is 3.44. The highest BCUT2D eigenvalue weighted by Gasteiger charge is 1.97. The Hall–Kier alpha value is -0.960. The molecule has 0 amide bonds. The van der Waals surface area contributed by atoms with Crippen LogP contribution < -0.4 is 11.1 Å². The molecule has 3 heteroatoms. The van der Waals surface area contributed by atoms with E-state index in [0.717, 1.165) is 18.2 Å². The minimum atomic E-state index is 0.153. The van der Waals surface area contributed by atoms with E-state index in [-0.39, 0.29) is 6.04 Å². The Bertz CT molecular complexity index is 218. The summed E-state index contributed by atoms with van der Waals surface area (Å²) >= 11 is 0. The highest BCUT2D eigenvalue weighted by atomic mass is 16.4. The van der Waals surface area contributed by atoms with Gasteiger partial charge in [0.2, 0.25) is 0 Å². The molecule has 1 rings (SSSR count). The third kappa shape index (κ3) is 2.63. The van der Waals surface area contributed by atoms with Crippen LogP contribution in [0.1, 0.15) is 12.7 Å². The molecule has 0 spiro atoms. The van der Waals surface area contributed by atoms with Crippen LogP contribution in [0.4, 0.5) is 5.88 Å². The van der Waals surface area contributed by atoms with Crippen molar-refractivity contribution in [3.63, 3.8) is 0 Å². The van der Waals surface area contributed by atoms with Crippen LogP contribution in [0, 0.1) is 6.92 Å². The Balaban J connectivity index is 2.39. The molecule has 1 aromatic rings. The highest BCUT2D eigenvalue weighted by molar-refractivity contribution is 5.31. The van der Waals surface area contributed by atoms with Crippen molar-refractivity contribution in [2.45, 2.75) is 19.9 Å². The number of aryl methyl sites for hydroxylation is 1. The standard InChI is InChI=1S/C8H14N2O/c1-6(9)5-10-8-4-3-7(2)11-8/h3-4,6,10H,5,9H2,1-2H3. The quantitative estimate of drug-likeness (QED) is 0.691. The van der Waals surface area contributed by atoms with Crippen LogP contribution in [0.15, 0.2) is 16.5 Å². The summed E-state index contributed by atoms with van der Waals surface area (Å²) in [4.78, 5) is 0. The van der Waals surface area contributed by atoms with Gasteiger partial charge in [0.1, 0.15) is 5.76 Å². The van der Waals surface area contributed by atoms with Gasteiger partial charge in [-0.15, -0.1) is 0 Å². The van der Waals surface area contributed by atoms with E-state index in [2.05, 4.69) is 5.32 Å². The smallest absolute Gasteiger partial charge is 0.193 e. The maximum atomic E-state index is 5.54. The summed E-state index contributed by atoms with van der Waals surface area (Å²) in [5, 5.41) is 3.07. The minimum Gasteiger partial charge on any atom is -0.446 e. The first-order valence-electron chi connectivity index (χ1n) is 3.74. The van der Waals surface area contributed by atoms with E-state index >= 15 is 0 Å². The van der Waals surface area contributed by atoms with E-state index in [1.807, 2.05) is 26.0 Å². The number of furan rings is 1. The predicted molar refractivity (Wildman–Crippen MR) is 45.6 cm³/mol. The van der Waals surface area contributed by atoms with Gasteiger partial charge in [-0.2, -0.15) is 0 Å². The fourth-order valence-electron chi connectivity index (χ4n) is 0.791. The Morgan fingerprint density at radius 1 is 1.64 bits per heavy atom. The summed E-state index contributed by atoms with van der Waals surface area (Å²) in [6, 6.07) is 3.97. The monoisotopic (exact) mass is 154 g/mol. The van der Waals surface area contributed by atoms with Crippen molar-refractivity contribution in [1.82, 2.24) is 0 Å². The molecule has 0 saturated carbocycles. The van der Waals surface area contributed by atoms with E-state index in [9.17, 15) is 0 Å². The molecule has 0 aliphatic carbocycles. The number of nitrogens with two attached hydrogens (primary N) is 1. The maximum Gasteiger partial charge on any atom is 0.193 e. The third-order valence-corrected chi connectivity index (χ3v) is 1.34. The zero-order valence-corrected chi connectivity index (χ0v) is 6.92. The summed E-state index contributed by atoms with van der Waals surface area (Å²) < 4.78 is 5.27. The zero-order chi connectivity index (χ0) is 8.27. The van der Waals surface area contributed by atoms with E-state index in [0.29, 0.717) is 0 Å². The molecule has 3 nitrogen and oxygen atoms in total. The lowest BCUT2D eigenvalue weighted by Crippen LogP contribution is -2.24. The third-order valence-electron chi connectivity index (χ3n) is 1.34. The number of hydrogen-bond acceptors (Lipinski definition) is 3. The first-order valence-corrected chi connectivity index (χ1v) is 3.74. The van der Waals surface area contributed by atoms with Crippen molar-refractivity contribution in [2.24, 2.45) is 5.73 Å². The lowest BCUT2D eigenvalue weighted by Gasteiger charge is -2.04. The van der Waals surface area contributed by atoms with Crippen LogP contribution >= 0.6 is 0 Å². The lowest BCUT2D eigenvalue weighted by molar-refractivity contribution is 0.543. The molecule has 1 atom stereocenters. The molecule has 0 aliphatic heterocycles. The second-order valence-electron chi connectivity index (χ2n) is 2.77. The second-order valence-corrected chi connectivity index (χ2v) is 2.77. The number of hydrogen-bond donors (Lipinski definition) is 2. The van der Waals surface area contributed by atoms with E-state index in [1.54, 1.807) is 0 Å². The summed E-state index contributed by atoms with van der Waals surface area (Å²) in [6.07, 6.45) is 0. The largest absolute Gasteiger partial charge is 0.446 e. The molecule has 1 heterocycles. The van der Waals surface area contributed by atoms with Gasteiger partial charge in [-0.25, -0.2) is 0 Å². The fraction of sp³-hybridized carbons (Fsp3) is 0.500. The van der Waals surface area contributed by atoms with Gasteiger partial charge in [0, 0.05) is 18.7 Å². The van der Waals surface area contributed by atoms with Gasteiger partial charge < -0.3 is 15.5 Å². The topological polar surface area (TPSA) is 51.2 Å². The number of rotatable bonds is 3. The van der Waals surface area contributed by atoms with Gasteiger partial charge in [0.15, 0.2) is 5.88 Å². The van der Waals surface area contributed by atoms with Crippen molar-refractivity contribution in [1.29, 1.82) is 0 Å². The number of anilines is 1. The van der Waals surface area contributed by atoms with Gasteiger partial charge in [-0.3, -0.25) is 0 Å². The van der Waals surface area contributed by atoms with Crippen molar-refractivity contribution in [2.75, 3.05) is 11.9 Å². The van der Waals surface area contributed by atoms with Gasteiger partial charge in [0.05, 0.1) is 0 Å². The van der Waals surface area contributed by atoms with E-state index < -0.39 is 0 Å². The van der Waals surface area contributed by atoms with Crippen LogP contribution in [-0.4, -0.2) is 12.6 Å². The van der Waals surface area contributed by atoms with Gasteiger partial charge in [-0.1, -0.05) is 0 Å². The van der Waals surface area contributed by atoms with E-state index in [4.69, 9.17) is 10.2 Å². The average molecular weight is 154 g/mol. The van der Waals surface area contributed by atoms with Crippen LogP contribution in [-0.2, 0) is 0 Å². The van der Waals surface area contributed by atoms with Crippen molar-refractivity contribution >= 4 is 5.88 Å². The molecule has 11 heavy (non-hydrogen) atoms. The SMILES string of the molecule is Cc1ccc(NCC(C)N)o1. The summed E-state index contributed by atoms with van der Waals surface area (Å²) in [5.74, 6) is 1.71. The van der Waals surface area contributed by atoms with Crippen LogP contribution in [0.2, 0.25) is 0 Å². The normalized spacial score (nSPS) is 13.0. The molecule has 1 aromatic heterocycles. The zero-order valence-electron chi connectivity index (χ0n) is 6.92. The molecule has 0 aliphatic rings. The fourth-order valence-corrected chi connectivity index (χ4v) is 0.791. The van der Waals surface area contributed by atoms with Crippen LogP contribution in [0.25, 0.3) is 0 Å². The molecule has 0 fully saturated rings. The summed E-state index contributed by atoms with van der Waals surface area (Å²) in [7, 11) is 0. The van der Waals surface area contributed by atoms with Gasteiger partial charge >= 0.3 is 0 Å². The molecule has 0 radical (unpaired) electrons. The Morgan fingerprint density at radius 2 is 2.36 bits per heavy atom. The molecule has 3 N–H and O–H groups in total. The average Bonchev–Trinajstić information content (AvgIpc) is 2.31. The van der Waals surface area contributed by atoms with Crippen molar-refractivity contribution < 1.29 is 4.42 Å². The number of nitrogens with one attached hydrogen (secondary N) is 1. The van der Waals surface area contributed by atoms with Gasteiger partial charge in [0.25, 0.3) is 0 Å². The maximum absolute atomic E-state index is 5.54. The van der Waals surface area contributed by atoms with Crippen molar-refractivity contribution in [3.05, 3.63) is 17.9 Å². The Morgan fingerprint density at radius 3 is 2.82 bits per heavy atom. The predicted octanol–water partition coefficient (Wildman–Crippen LogP) is 1.35. The van der Waals surface area contributed by atoms with Gasteiger partial charge in [-0.05, 0) is 19.9 Å². The lowest BCUT2D eigenvalue weighted by atomic mass is 10.4. The first kappa shape index (κ1) is 8.14. The minimum absolute atomic E-state index is 0.153. The van der Waals surface area contributed by atoms with Crippen LogP contribution in [0.3, 0.4) is 0 Å².